The van der Waals surface area contributed by atoms with Gasteiger partial charge in [0.15, 0.2) is 5.78 Å². The number of azide groups is 1. The van der Waals surface area contributed by atoms with Gasteiger partial charge in [-0.05, 0) is 17.7 Å². The fourth-order valence-electron chi connectivity index (χ4n) is 1.67. The summed E-state index contributed by atoms with van der Waals surface area (Å²) >= 11 is 5.90. The predicted molar refractivity (Wildman–Crippen MR) is 74.5 cm³/mol. The monoisotopic (exact) mass is 272 g/mol. The van der Waals surface area contributed by atoms with Crippen LogP contribution < -0.4 is 5.73 Å². The molecule has 0 aliphatic rings. The smallest absolute Gasteiger partial charge is 0.195 e. The zero-order valence-electron chi connectivity index (χ0n) is 9.75. The summed E-state index contributed by atoms with van der Waals surface area (Å²) in [5.74, 6) is -0.269. The summed E-state index contributed by atoms with van der Waals surface area (Å²) in [4.78, 5) is 15.0. The van der Waals surface area contributed by atoms with E-state index in [0.717, 1.165) is 0 Å². The van der Waals surface area contributed by atoms with Gasteiger partial charge in [-0.3, -0.25) is 4.79 Å². The molecule has 2 rings (SSSR count). The second-order valence-electron chi connectivity index (χ2n) is 3.77. The molecule has 0 spiro atoms. The lowest BCUT2D eigenvalue weighted by Gasteiger charge is -2.08. The minimum Gasteiger partial charge on any atom is -0.398 e. The van der Waals surface area contributed by atoms with Gasteiger partial charge in [0.2, 0.25) is 0 Å². The van der Waals surface area contributed by atoms with Crippen molar-refractivity contribution in [3.63, 3.8) is 0 Å². The molecule has 2 aromatic carbocycles. The van der Waals surface area contributed by atoms with Crippen molar-refractivity contribution in [1.29, 1.82) is 0 Å². The molecule has 0 aliphatic heterocycles. The fourth-order valence-corrected chi connectivity index (χ4v) is 1.88. The van der Waals surface area contributed by atoms with Crippen molar-refractivity contribution in [3.8, 4) is 0 Å². The Bertz CT molecular complexity index is 679. The van der Waals surface area contributed by atoms with Crippen molar-refractivity contribution in [2.24, 2.45) is 5.11 Å². The van der Waals surface area contributed by atoms with Gasteiger partial charge in [0.25, 0.3) is 0 Å². The normalized spacial score (nSPS) is 9.74. The summed E-state index contributed by atoms with van der Waals surface area (Å²) in [6.07, 6.45) is 0. The number of benzene rings is 2. The molecular formula is C13H9ClN4O. The van der Waals surface area contributed by atoms with Crippen LogP contribution in [0.25, 0.3) is 10.4 Å². The maximum Gasteiger partial charge on any atom is 0.195 e. The van der Waals surface area contributed by atoms with Gasteiger partial charge in [0.1, 0.15) is 0 Å². The van der Waals surface area contributed by atoms with Crippen LogP contribution in [0.5, 0.6) is 0 Å². The summed E-state index contributed by atoms with van der Waals surface area (Å²) < 4.78 is 0. The van der Waals surface area contributed by atoms with Gasteiger partial charge < -0.3 is 5.73 Å². The number of halogens is 1. The minimum atomic E-state index is -0.269. The van der Waals surface area contributed by atoms with Crippen molar-refractivity contribution in [3.05, 3.63) is 69.1 Å². The van der Waals surface area contributed by atoms with E-state index >= 15 is 0 Å². The first-order valence-corrected chi connectivity index (χ1v) is 5.75. The second kappa shape index (κ2) is 5.44. The molecule has 0 fully saturated rings. The van der Waals surface area contributed by atoms with Crippen LogP contribution in [0.1, 0.15) is 15.9 Å². The molecule has 0 amide bonds. The zero-order valence-corrected chi connectivity index (χ0v) is 10.5. The minimum absolute atomic E-state index is 0.121. The SMILES string of the molecule is [N-]=[N+]=Nc1cc(Cl)cc(C(=O)c2ccccc2)c1N. The van der Waals surface area contributed by atoms with Gasteiger partial charge in [-0.2, -0.15) is 0 Å². The number of nitrogens with two attached hydrogens (primary N) is 1. The lowest BCUT2D eigenvalue weighted by molar-refractivity contribution is 0.103. The Hall–Kier alpha value is -2.49. The average Bonchev–Trinajstić information content (AvgIpc) is 2.43. The number of nitrogens with zero attached hydrogens (tertiary/aromatic N) is 3. The zero-order chi connectivity index (χ0) is 13.8. The van der Waals surface area contributed by atoms with E-state index < -0.39 is 0 Å². The Labute approximate surface area is 114 Å². The highest BCUT2D eigenvalue weighted by atomic mass is 35.5. The molecule has 0 radical (unpaired) electrons. The summed E-state index contributed by atoms with van der Waals surface area (Å²) in [6.45, 7) is 0. The molecule has 0 aliphatic carbocycles. The van der Waals surface area contributed by atoms with Gasteiger partial charge in [-0.1, -0.05) is 47.0 Å². The molecular weight excluding hydrogens is 264 g/mol. The fraction of sp³-hybridized carbons (Fsp3) is 0. The Kier molecular flexibility index (Phi) is 3.71. The maximum absolute atomic E-state index is 12.3. The maximum atomic E-state index is 12.3. The quantitative estimate of drug-likeness (QED) is 0.299. The van der Waals surface area contributed by atoms with Crippen molar-refractivity contribution in [1.82, 2.24) is 0 Å². The standard InChI is InChI=1S/C13H9ClN4O/c14-9-6-10(12(15)11(7-9)17-18-16)13(19)8-4-2-1-3-5-8/h1-7H,15H2. The number of hydrogen-bond donors (Lipinski definition) is 1. The average molecular weight is 273 g/mol. The molecule has 6 heteroatoms. The summed E-state index contributed by atoms with van der Waals surface area (Å²) in [5, 5.41) is 3.71. The summed E-state index contributed by atoms with van der Waals surface area (Å²) in [6, 6.07) is 11.5. The van der Waals surface area contributed by atoms with Crippen molar-refractivity contribution in [2.45, 2.75) is 0 Å². The van der Waals surface area contributed by atoms with Crippen LogP contribution >= 0.6 is 11.6 Å². The van der Waals surface area contributed by atoms with Gasteiger partial charge in [-0.15, -0.1) is 0 Å². The molecule has 0 atom stereocenters. The molecule has 0 bridgehead atoms. The molecule has 5 nitrogen and oxygen atoms in total. The molecule has 2 aromatic rings. The molecule has 2 N–H and O–H groups in total. The number of carbonyl (C=O) groups excluding carboxylic acids is 1. The lowest BCUT2D eigenvalue weighted by atomic mass is 10.0. The van der Waals surface area contributed by atoms with E-state index in [1.165, 1.54) is 12.1 Å². The number of carbonyl (C=O) groups is 1. The molecule has 0 aromatic heterocycles. The van der Waals surface area contributed by atoms with Crippen LogP contribution in [-0.4, -0.2) is 5.78 Å². The highest BCUT2D eigenvalue weighted by Gasteiger charge is 2.15. The Morgan fingerprint density at radius 2 is 1.95 bits per heavy atom. The van der Waals surface area contributed by atoms with E-state index in [4.69, 9.17) is 22.9 Å². The highest BCUT2D eigenvalue weighted by molar-refractivity contribution is 6.32. The van der Waals surface area contributed by atoms with Crippen LogP contribution in [0.4, 0.5) is 11.4 Å². The molecule has 0 heterocycles. The Morgan fingerprint density at radius 1 is 1.26 bits per heavy atom. The third-order valence-electron chi connectivity index (χ3n) is 2.56. The van der Waals surface area contributed by atoms with E-state index in [9.17, 15) is 4.79 Å². The van der Waals surface area contributed by atoms with Gasteiger partial charge in [0, 0.05) is 21.1 Å². The first-order chi connectivity index (χ1) is 9.13. The first kappa shape index (κ1) is 13.0. The molecule has 0 saturated carbocycles. The van der Waals surface area contributed by atoms with Crippen molar-refractivity contribution < 1.29 is 4.79 Å². The summed E-state index contributed by atoms with van der Waals surface area (Å²) in [7, 11) is 0. The van der Waals surface area contributed by atoms with Gasteiger partial charge in [-0.25, -0.2) is 0 Å². The van der Waals surface area contributed by atoms with E-state index in [1.54, 1.807) is 24.3 Å². The predicted octanol–water partition coefficient (Wildman–Crippen LogP) is 4.10. The van der Waals surface area contributed by atoms with Gasteiger partial charge in [0.05, 0.1) is 11.4 Å². The van der Waals surface area contributed by atoms with Crippen molar-refractivity contribution in [2.75, 3.05) is 5.73 Å². The van der Waals surface area contributed by atoms with E-state index in [-0.39, 0.29) is 27.7 Å². The first-order valence-electron chi connectivity index (χ1n) is 5.37. The van der Waals surface area contributed by atoms with E-state index in [0.29, 0.717) is 5.56 Å². The number of hydrogen-bond acceptors (Lipinski definition) is 3. The van der Waals surface area contributed by atoms with Crippen LogP contribution in [-0.2, 0) is 0 Å². The molecule has 94 valence electrons. The third kappa shape index (κ3) is 2.68. The van der Waals surface area contributed by atoms with Crippen LogP contribution in [0.2, 0.25) is 5.02 Å². The second-order valence-corrected chi connectivity index (χ2v) is 4.21. The molecule has 19 heavy (non-hydrogen) atoms. The summed E-state index contributed by atoms with van der Waals surface area (Å²) in [5.41, 5.74) is 15.3. The van der Waals surface area contributed by atoms with Crippen LogP contribution in [0.15, 0.2) is 47.6 Å². The van der Waals surface area contributed by atoms with E-state index in [2.05, 4.69) is 10.0 Å². The number of ketones is 1. The van der Waals surface area contributed by atoms with E-state index in [1.807, 2.05) is 6.07 Å². The topological polar surface area (TPSA) is 91.9 Å². The number of anilines is 1. The van der Waals surface area contributed by atoms with Gasteiger partial charge >= 0.3 is 0 Å². The molecule has 0 saturated heterocycles. The molecule has 0 unspecified atom stereocenters. The lowest BCUT2D eigenvalue weighted by Crippen LogP contribution is -2.05. The Morgan fingerprint density at radius 3 is 2.58 bits per heavy atom. The highest BCUT2D eigenvalue weighted by Crippen LogP contribution is 2.31. The largest absolute Gasteiger partial charge is 0.398 e. The number of rotatable bonds is 3. The van der Waals surface area contributed by atoms with Crippen LogP contribution in [0.3, 0.4) is 0 Å². The Balaban J connectivity index is 2.57. The third-order valence-corrected chi connectivity index (χ3v) is 2.77. The van der Waals surface area contributed by atoms with Crippen LogP contribution in [0, 0.1) is 0 Å². The van der Waals surface area contributed by atoms with Crippen molar-refractivity contribution >= 4 is 28.8 Å². The number of nitrogen functional groups attached to an aromatic ring is 1.